The summed E-state index contributed by atoms with van der Waals surface area (Å²) >= 11 is 11.2. The normalized spacial score (nSPS) is 10.4. The van der Waals surface area contributed by atoms with Gasteiger partial charge in [-0.1, -0.05) is 29.3 Å². The predicted molar refractivity (Wildman–Crippen MR) is 73.1 cm³/mol. The Morgan fingerprint density at radius 1 is 1.15 bits per heavy atom. The number of carboxylic acid groups (broad SMARTS) is 1. The maximum Gasteiger partial charge on any atom is 0.337 e. The van der Waals surface area contributed by atoms with Crippen molar-refractivity contribution < 1.29 is 18.7 Å². The summed E-state index contributed by atoms with van der Waals surface area (Å²) in [6.07, 6.45) is 0. The second-order valence-corrected chi connectivity index (χ2v) is 4.66. The molecule has 0 bridgehead atoms. The van der Waals surface area contributed by atoms with E-state index in [-0.39, 0.29) is 27.0 Å². The van der Waals surface area contributed by atoms with Gasteiger partial charge in [0.2, 0.25) is 0 Å². The average molecular weight is 318 g/mol. The van der Waals surface area contributed by atoms with Crippen molar-refractivity contribution in [2.45, 2.75) is 0 Å². The molecule has 0 fully saturated rings. The van der Waals surface area contributed by atoms with Crippen molar-refractivity contribution in [1.29, 1.82) is 0 Å². The molecule has 0 spiro atoms. The largest absolute Gasteiger partial charge is 0.478 e. The number of carbonyl (C=O) groups is 1. The lowest BCUT2D eigenvalue weighted by atomic mass is 10.1. The first-order chi connectivity index (χ1) is 9.40. The van der Waals surface area contributed by atoms with Gasteiger partial charge >= 0.3 is 5.97 Å². The molecule has 0 aliphatic heterocycles. The zero-order valence-electron chi connectivity index (χ0n) is 9.75. The number of nitrogens with one attached hydrogen (secondary N) is 1. The first-order valence-corrected chi connectivity index (χ1v) is 6.09. The Morgan fingerprint density at radius 2 is 1.75 bits per heavy atom. The Bertz CT molecular complexity index is 669. The molecule has 2 aromatic rings. The van der Waals surface area contributed by atoms with Gasteiger partial charge in [-0.15, -0.1) is 0 Å². The highest BCUT2D eigenvalue weighted by atomic mass is 35.5. The first kappa shape index (κ1) is 14.6. The van der Waals surface area contributed by atoms with Crippen LogP contribution in [0.4, 0.5) is 20.2 Å². The Kier molecular flexibility index (Phi) is 4.11. The van der Waals surface area contributed by atoms with Gasteiger partial charge in [0.1, 0.15) is 5.82 Å². The first-order valence-electron chi connectivity index (χ1n) is 5.33. The van der Waals surface area contributed by atoms with E-state index in [1.807, 2.05) is 0 Å². The number of anilines is 2. The van der Waals surface area contributed by atoms with Gasteiger partial charge in [-0.2, -0.15) is 0 Å². The Morgan fingerprint density at radius 3 is 2.30 bits per heavy atom. The number of aromatic carboxylic acids is 1. The number of rotatable bonds is 3. The quantitative estimate of drug-likeness (QED) is 0.806. The van der Waals surface area contributed by atoms with Gasteiger partial charge in [0.15, 0.2) is 5.82 Å². The zero-order chi connectivity index (χ0) is 14.9. The van der Waals surface area contributed by atoms with Crippen LogP contribution in [0, 0.1) is 11.6 Å². The monoisotopic (exact) mass is 317 g/mol. The second-order valence-electron chi connectivity index (χ2n) is 3.85. The Balaban J connectivity index is 2.47. The van der Waals surface area contributed by atoms with Crippen LogP contribution in [0.1, 0.15) is 10.4 Å². The van der Waals surface area contributed by atoms with Gasteiger partial charge in [-0.3, -0.25) is 0 Å². The molecule has 0 aliphatic carbocycles. The minimum Gasteiger partial charge on any atom is -0.478 e. The average Bonchev–Trinajstić information content (AvgIpc) is 2.38. The summed E-state index contributed by atoms with van der Waals surface area (Å²) in [5.41, 5.74) is -0.339. The third kappa shape index (κ3) is 2.84. The van der Waals surface area contributed by atoms with Crippen LogP contribution in [0.5, 0.6) is 0 Å². The predicted octanol–water partition coefficient (Wildman–Crippen LogP) is 4.71. The summed E-state index contributed by atoms with van der Waals surface area (Å²) in [5.74, 6) is -2.86. The lowest BCUT2D eigenvalue weighted by molar-refractivity contribution is 0.0697. The smallest absolute Gasteiger partial charge is 0.337 e. The minimum atomic E-state index is -1.30. The van der Waals surface area contributed by atoms with Crippen molar-refractivity contribution in [3.63, 3.8) is 0 Å². The summed E-state index contributed by atoms with van der Waals surface area (Å²) < 4.78 is 27.0. The molecular formula is C13H7Cl2F2NO2. The van der Waals surface area contributed by atoms with Crippen LogP contribution in [0.3, 0.4) is 0 Å². The van der Waals surface area contributed by atoms with Gasteiger partial charge in [0, 0.05) is 5.69 Å². The summed E-state index contributed by atoms with van der Waals surface area (Å²) in [7, 11) is 0. The number of benzene rings is 2. The van der Waals surface area contributed by atoms with Crippen molar-refractivity contribution in [2.75, 3.05) is 5.32 Å². The highest BCUT2D eigenvalue weighted by Crippen LogP contribution is 2.31. The molecule has 0 amide bonds. The number of para-hydroxylation sites is 1. The molecule has 0 aromatic heterocycles. The molecular weight excluding hydrogens is 311 g/mol. The summed E-state index contributed by atoms with van der Waals surface area (Å²) in [6.45, 7) is 0. The molecule has 20 heavy (non-hydrogen) atoms. The third-order valence-electron chi connectivity index (χ3n) is 2.50. The van der Waals surface area contributed by atoms with Crippen molar-refractivity contribution >= 4 is 40.5 Å². The van der Waals surface area contributed by atoms with Crippen molar-refractivity contribution in [3.05, 3.63) is 57.6 Å². The fourth-order valence-electron chi connectivity index (χ4n) is 1.60. The van der Waals surface area contributed by atoms with Gasteiger partial charge in [-0.05, 0) is 24.3 Å². The summed E-state index contributed by atoms with van der Waals surface area (Å²) in [6, 6.07) is 5.97. The van der Waals surface area contributed by atoms with Crippen molar-refractivity contribution in [3.8, 4) is 0 Å². The van der Waals surface area contributed by atoms with Crippen LogP contribution in [0.25, 0.3) is 0 Å². The van der Waals surface area contributed by atoms with Crippen LogP contribution in [-0.2, 0) is 0 Å². The van der Waals surface area contributed by atoms with E-state index in [9.17, 15) is 13.6 Å². The number of carboxylic acids is 1. The molecule has 7 heteroatoms. The lowest BCUT2D eigenvalue weighted by Crippen LogP contribution is -2.05. The molecule has 0 heterocycles. The van der Waals surface area contributed by atoms with E-state index < -0.39 is 17.6 Å². The maximum atomic E-state index is 13.7. The molecule has 2 aromatic carbocycles. The van der Waals surface area contributed by atoms with E-state index in [0.717, 1.165) is 6.07 Å². The van der Waals surface area contributed by atoms with Crippen LogP contribution >= 0.6 is 23.2 Å². The second kappa shape index (κ2) is 5.64. The Labute approximate surface area is 122 Å². The molecule has 0 atom stereocenters. The summed E-state index contributed by atoms with van der Waals surface area (Å²) in [5, 5.41) is 11.0. The van der Waals surface area contributed by atoms with Crippen molar-refractivity contribution in [2.24, 2.45) is 0 Å². The van der Waals surface area contributed by atoms with Crippen molar-refractivity contribution in [1.82, 2.24) is 0 Å². The molecule has 2 N–H and O–H groups in total. The van der Waals surface area contributed by atoms with E-state index >= 15 is 0 Å². The Hall–Kier alpha value is -1.85. The fraction of sp³-hybridized carbons (Fsp3) is 0. The zero-order valence-corrected chi connectivity index (χ0v) is 11.3. The molecule has 3 nitrogen and oxygen atoms in total. The van der Waals surface area contributed by atoms with Crippen LogP contribution in [0.15, 0.2) is 30.3 Å². The highest BCUT2D eigenvalue weighted by molar-refractivity contribution is 6.35. The van der Waals surface area contributed by atoms with E-state index in [1.165, 1.54) is 24.3 Å². The molecule has 0 unspecified atom stereocenters. The van der Waals surface area contributed by atoms with E-state index in [4.69, 9.17) is 28.3 Å². The van der Waals surface area contributed by atoms with Crippen LogP contribution in [0.2, 0.25) is 10.0 Å². The lowest BCUT2D eigenvalue weighted by Gasteiger charge is -2.11. The van der Waals surface area contributed by atoms with Gasteiger partial charge in [-0.25, -0.2) is 13.6 Å². The molecule has 2 rings (SSSR count). The third-order valence-corrected chi connectivity index (χ3v) is 3.05. The molecule has 0 radical (unpaired) electrons. The van der Waals surface area contributed by atoms with E-state index in [2.05, 4.69) is 5.32 Å². The fourth-order valence-corrected chi connectivity index (χ4v) is 2.09. The number of hydrogen-bond acceptors (Lipinski definition) is 2. The van der Waals surface area contributed by atoms with Gasteiger partial charge in [0.05, 0.1) is 21.3 Å². The molecule has 0 aliphatic rings. The highest BCUT2D eigenvalue weighted by Gasteiger charge is 2.15. The topological polar surface area (TPSA) is 49.3 Å². The van der Waals surface area contributed by atoms with Crippen LogP contribution in [-0.4, -0.2) is 11.1 Å². The van der Waals surface area contributed by atoms with Gasteiger partial charge in [0.25, 0.3) is 0 Å². The minimum absolute atomic E-state index is 0.175. The van der Waals surface area contributed by atoms with E-state index in [1.54, 1.807) is 0 Å². The maximum absolute atomic E-state index is 13.7. The molecule has 0 saturated carbocycles. The standard InChI is InChI=1S/C13H7Cl2F2NO2/c14-8-4-6(5-9(15)11(8)17)18-12-7(13(19)20)2-1-3-10(12)16/h1-5,18H,(H,19,20). The van der Waals surface area contributed by atoms with Gasteiger partial charge < -0.3 is 10.4 Å². The number of hydrogen-bond donors (Lipinski definition) is 2. The summed E-state index contributed by atoms with van der Waals surface area (Å²) in [4.78, 5) is 11.0. The molecule has 104 valence electrons. The molecule has 0 saturated heterocycles. The number of halogens is 4. The van der Waals surface area contributed by atoms with Crippen LogP contribution < -0.4 is 5.32 Å². The SMILES string of the molecule is O=C(O)c1cccc(F)c1Nc1cc(Cl)c(F)c(Cl)c1. The van der Waals surface area contributed by atoms with E-state index in [0.29, 0.717) is 0 Å².